The Balaban J connectivity index is 1.39. The third-order valence-corrected chi connectivity index (χ3v) is 13.3. The van der Waals surface area contributed by atoms with Gasteiger partial charge in [0.1, 0.15) is 0 Å². The van der Waals surface area contributed by atoms with Crippen molar-refractivity contribution in [1.29, 1.82) is 0 Å². The molecule has 2 fully saturated rings. The first-order valence-electron chi connectivity index (χ1n) is 12.7. The highest BCUT2D eigenvalue weighted by atomic mass is 28.4. The Hall–Kier alpha value is -1.42. The largest absolute Gasteiger partial charge is 0.407 e. The van der Waals surface area contributed by atoms with Crippen LogP contribution in [-0.4, -0.2) is 26.6 Å². The molecule has 2 aromatic carbocycles. The van der Waals surface area contributed by atoms with E-state index in [0.29, 0.717) is 12.0 Å². The summed E-state index contributed by atoms with van der Waals surface area (Å²) in [5.41, 5.74) is 0.521. The topological polar surface area (TPSA) is 29.5 Å². The van der Waals surface area contributed by atoms with E-state index in [1.54, 1.807) is 0 Å². The molecule has 2 aromatic rings. The maximum atomic E-state index is 9.17. The molecule has 1 N–H and O–H groups in total. The van der Waals surface area contributed by atoms with E-state index in [4.69, 9.17) is 4.43 Å². The fraction of sp³-hybridized carbons (Fsp3) is 0.586. The van der Waals surface area contributed by atoms with Gasteiger partial charge in [0.2, 0.25) is 0 Å². The summed E-state index contributed by atoms with van der Waals surface area (Å²) in [4.78, 5) is 0. The van der Waals surface area contributed by atoms with E-state index in [0.717, 1.165) is 37.2 Å². The fourth-order valence-corrected chi connectivity index (χ4v) is 10.9. The summed E-state index contributed by atoms with van der Waals surface area (Å²) in [6.45, 7) is 10.7. The van der Waals surface area contributed by atoms with Gasteiger partial charge in [0.05, 0.1) is 0 Å². The van der Waals surface area contributed by atoms with Crippen molar-refractivity contribution < 1.29 is 9.53 Å². The van der Waals surface area contributed by atoms with Gasteiger partial charge in [-0.1, -0.05) is 88.4 Å². The summed E-state index contributed by atoms with van der Waals surface area (Å²) in [5.74, 6) is 2.75. The first kappa shape index (κ1) is 23.7. The smallest absolute Gasteiger partial charge is 0.261 e. The lowest BCUT2D eigenvalue weighted by atomic mass is 9.97. The highest BCUT2D eigenvalue weighted by Gasteiger charge is 2.59. The van der Waals surface area contributed by atoms with E-state index in [-0.39, 0.29) is 5.04 Å². The van der Waals surface area contributed by atoms with Gasteiger partial charge in [0.25, 0.3) is 8.32 Å². The van der Waals surface area contributed by atoms with Crippen LogP contribution in [0.2, 0.25) is 5.04 Å². The Kier molecular flexibility index (Phi) is 7.00. The minimum atomic E-state index is -2.39. The van der Waals surface area contributed by atoms with Crippen LogP contribution < -0.4 is 10.4 Å². The molecule has 2 aliphatic rings. The van der Waals surface area contributed by atoms with E-state index in [1.807, 2.05) is 0 Å². The lowest BCUT2D eigenvalue weighted by Crippen LogP contribution is -2.66. The third kappa shape index (κ3) is 4.76. The second-order valence-corrected chi connectivity index (χ2v) is 15.9. The van der Waals surface area contributed by atoms with Crippen LogP contribution in [0.15, 0.2) is 60.7 Å². The summed E-state index contributed by atoms with van der Waals surface area (Å²) in [6.07, 6.45) is 7.43. The van der Waals surface area contributed by atoms with Crippen molar-refractivity contribution in [1.82, 2.24) is 0 Å². The standard InChI is InChI=1S/C29H42O2Si/c1-28(2,3)32(24-14-7-5-8-15-24,25-16-9-6-10-17-25)31-20-11-13-23-21-26(23)27-22-29(27,4)18-12-19-30/h5-10,14-17,23,26-27,30H,11-13,18-22H2,1-4H3/t23-,26-,27+,29-/m0/s1. The lowest BCUT2D eigenvalue weighted by Gasteiger charge is -2.43. The number of aliphatic hydroxyl groups is 1. The zero-order valence-corrected chi connectivity index (χ0v) is 21.5. The van der Waals surface area contributed by atoms with Crippen LogP contribution in [0.1, 0.15) is 66.2 Å². The highest BCUT2D eigenvalue weighted by Crippen LogP contribution is 2.67. The average Bonchev–Trinajstić information content (AvgIpc) is 3.69. The summed E-state index contributed by atoms with van der Waals surface area (Å²) in [6, 6.07) is 22.0. The summed E-state index contributed by atoms with van der Waals surface area (Å²) < 4.78 is 7.06. The van der Waals surface area contributed by atoms with E-state index >= 15 is 0 Å². The molecular formula is C29H42O2Si. The average molecular weight is 451 g/mol. The third-order valence-electron chi connectivity index (χ3n) is 8.28. The SMILES string of the molecule is CC(C)(C)[Si](OCCC[C@H]1C[C@@H]1[C@H]1C[C@]1(C)CCCO)(c1ccccc1)c1ccccc1. The van der Waals surface area contributed by atoms with Crippen LogP contribution in [0, 0.1) is 23.2 Å². The van der Waals surface area contributed by atoms with Gasteiger partial charge < -0.3 is 9.53 Å². The van der Waals surface area contributed by atoms with Crippen molar-refractivity contribution in [2.75, 3.05) is 13.2 Å². The molecule has 0 radical (unpaired) electrons. The second-order valence-electron chi connectivity index (χ2n) is 11.6. The monoisotopic (exact) mass is 450 g/mol. The van der Waals surface area contributed by atoms with Gasteiger partial charge >= 0.3 is 0 Å². The van der Waals surface area contributed by atoms with E-state index in [1.165, 1.54) is 36.1 Å². The van der Waals surface area contributed by atoms with Crippen LogP contribution in [-0.2, 0) is 4.43 Å². The van der Waals surface area contributed by atoms with Crippen molar-refractivity contribution in [3.8, 4) is 0 Å². The molecule has 4 rings (SSSR count). The number of hydrogen-bond donors (Lipinski definition) is 1. The number of aliphatic hydroxyl groups excluding tert-OH is 1. The van der Waals surface area contributed by atoms with Gasteiger partial charge in [-0.15, -0.1) is 0 Å². The maximum Gasteiger partial charge on any atom is 0.261 e. The van der Waals surface area contributed by atoms with Crippen LogP contribution in [0.25, 0.3) is 0 Å². The molecule has 2 saturated carbocycles. The minimum absolute atomic E-state index is 0.0559. The fourth-order valence-electron chi connectivity index (χ4n) is 6.31. The first-order valence-corrected chi connectivity index (χ1v) is 14.6. The minimum Gasteiger partial charge on any atom is -0.407 e. The highest BCUT2D eigenvalue weighted by molar-refractivity contribution is 6.99. The Morgan fingerprint density at radius 2 is 1.56 bits per heavy atom. The summed E-state index contributed by atoms with van der Waals surface area (Å²) in [7, 11) is -2.39. The molecule has 0 unspecified atom stereocenters. The quantitative estimate of drug-likeness (QED) is 0.347. The molecule has 0 amide bonds. The molecule has 0 bridgehead atoms. The van der Waals surface area contributed by atoms with Gasteiger partial charge in [-0.05, 0) is 77.1 Å². The van der Waals surface area contributed by atoms with Gasteiger partial charge in [0.15, 0.2) is 0 Å². The molecule has 3 heteroatoms. The maximum absolute atomic E-state index is 9.17. The van der Waals surface area contributed by atoms with Crippen molar-refractivity contribution in [3.63, 3.8) is 0 Å². The van der Waals surface area contributed by atoms with Gasteiger partial charge in [-0.2, -0.15) is 0 Å². The Morgan fingerprint density at radius 1 is 0.969 bits per heavy atom. The zero-order chi connectivity index (χ0) is 22.8. The van der Waals surface area contributed by atoms with Crippen molar-refractivity contribution in [2.45, 2.75) is 71.3 Å². The van der Waals surface area contributed by atoms with Gasteiger partial charge in [-0.25, -0.2) is 0 Å². The molecule has 0 aromatic heterocycles. The van der Waals surface area contributed by atoms with Crippen LogP contribution >= 0.6 is 0 Å². The Morgan fingerprint density at radius 3 is 2.09 bits per heavy atom. The predicted molar refractivity (Wildman–Crippen MR) is 137 cm³/mol. The Labute approximate surface area is 196 Å². The molecule has 0 heterocycles. The lowest BCUT2D eigenvalue weighted by molar-refractivity contribution is 0.263. The molecule has 4 atom stereocenters. The molecule has 0 saturated heterocycles. The molecule has 174 valence electrons. The molecule has 0 aliphatic heterocycles. The van der Waals surface area contributed by atoms with Gasteiger partial charge in [-0.3, -0.25) is 0 Å². The van der Waals surface area contributed by atoms with E-state index in [9.17, 15) is 5.11 Å². The number of benzene rings is 2. The summed E-state index contributed by atoms with van der Waals surface area (Å²) >= 11 is 0. The summed E-state index contributed by atoms with van der Waals surface area (Å²) in [5, 5.41) is 12.0. The van der Waals surface area contributed by atoms with Crippen LogP contribution in [0.3, 0.4) is 0 Å². The number of hydrogen-bond acceptors (Lipinski definition) is 2. The molecule has 0 spiro atoms. The van der Waals surface area contributed by atoms with Gasteiger partial charge in [0, 0.05) is 13.2 Å². The second kappa shape index (κ2) is 9.44. The van der Waals surface area contributed by atoms with E-state index in [2.05, 4.69) is 88.4 Å². The normalized spacial score (nSPS) is 27.3. The van der Waals surface area contributed by atoms with Crippen LogP contribution in [0.4, 0.5) is 0 Å². The van der Waals surface area contributed by atoms with Crippen molar-refractivity contribution in [3.05, 3.63) is 60.7 Å². The molecule has 32 heavy (non-hydrogen) atoms. The number of rotatable bonds is 11. The first-order chi connectivity index (χ1) is 15.3. The molecule has 2 aliphatic carbocycles. The zero-order valence-electron chi connectivity index (χ0n) is 20.5. The predicted octanol–water partition coefficient (Wildman–Crippen LogP) is 5.78. The van der Waals surface area contributed by atoms with Crippen molar-refractivity contribution in [2.24, 2.45) is 23.2 Å². The van der Waals surface area contributed by atoms with Crippen molar-refractivity contribution >= 4 is 18.7 Å². The Bertz CT molecular complexity index is 820. The van der Waals surface area contributed by atoms with E-state index < -0.39 is 8.32 Å². The molecular weight excluding hydrogens is 408 g/mol. The van der Waals surface area contributed by atoms with Crippen LogP contribution in [0.5, 0.6) is 0 Å². The molecule has 2 nitrogen and oxygen atoms in total.